The monoisotopic (exact) mass is 205 g/mol. The summed E-state index contributed by atoms with van der Waals surface area (Å²) in [5.41, 5.74) is 0.759. The average molecular weight is 205 g/mol. The molecule has 15 heavy (non-hydrogen) atoms. The molecule has 3 nitrogen and oxygen atoms in total. The van der Waals surface area contributed by atoms with E-state index < -0.39 is 0 Å². The number of hydrogen-bond donors (Lipinski definition) is 1. The summed E-state index contributed by atoms with van der Waals surface area (Å²) in [5, 5.41) is 3.20. The van der Waals surface area contributed by atoms with E-state index in [9.17, 15) is 4.79 Å². The van der Waals surface area contributed by atoms with Crippen molar-refractivity contribution in [2.24, 2.45) is 0 Å². The van der Waals surface area contributed by atoms with Gasteiger partial charge in [0.25, 0.3) is 0 Å². The SMILES string of the molecule is COc1ccc(C(=O)[C@@H]2CCCN2)cc1. The number of ketones is 1. The van der Waals surface area contributed by atoms with Crippen LogP contribution in [0, 0.1) is 0 Å². The van der Waals surface area contributed by atoms with Crippen LogP contribution in [0.4, 0.5) is 0 Å². The molecule has 0 aliphatic carbocycles. The molecule has 1 saturated heterocycles. The molecule has 1 fully saturated rings. The van der Waals surface area contributed by atoms with Crippen LogP contribution in [0.3, 0.4) is 0 Å². The number of Topliss-reactive ketones (excluding diaryl/α,β-unsaturated/α-hetero) is 1. The zero-order valence-corrected chi connectivity index (χ0v) is 8.82. The molecular formula is C12H15NO2. The van der Waals surface area contributed by atoms with Crippen molar-refractivity contribution >= 4 is 5.78 Å². The van der Waals surface area contributed by atoms with Crippen molar-refractivity contribution in [1.82, 2.24) is 5.32 Å². The van der Waals surface area contributed by atoms with Crippen LogP contribution >= 0.6 is 0 Å². The van der Waals surface area contributed by atoms with Crippen molar-refractivity contribution in [2.45, 2.75) is 18.9 Å². The number of ether oxygens (including phenoxy) is 1. The molecule has 1 aromatic rings. The minimum atomic E-state index is 0.0124. The molecule has 1 N–H and O–H groups in total. The van der Waals surface area contributed by atoms with E-state index in [2.05, 4.69) is 5.32 Å². The minimum absolute atomic E-state index is 0.0124. The maximum absolute atomic E-state index is 11.9. The maximum Gasteiger partial charge on any atom is 0.179 e. The highest BCUT2D eigenvalue weighted by atomic mass is 16.5. The van der Waals surface area contributed by atoms with Gasteiger partial charge in [0.1, 0.15) is 5.75 Å². The lowest BCUT2D eigenvalue weighted by Gasteiger charge is -2.09. The molecule has 80 valence electrons. The highest BCUT2D eigenvalue weighted by molar-refractivity contribution is 6.00. The van der Waals surface area contributed by atoms with Crippen LogP contribution in [0.1, 0.15) is 23.2 Å². The number of carbonyl (C=O) groups excluding carboxylic acids is 1. The molecule has 0 amide bonds. The van der Waals surface area contributed by atoms with E-state index in [-0.39, 0.29) is 11.8 Å². The second-order valence-electron chi connectivity index (χ2n) is 3.74. The molecule has 1 aliphatic heterocycles. The van der Waals surface area contributed by atoms with Gasteiger partial charge in [-0.15, -0.1) is 0 Å². The Kier molecular flexibility index (Phi) is 3.02. The summed E-state index contributed by atoms with van der Waals surface area (Å²) in [6.45, 7) is 0.951. The fraction of sp³-hybridized carbons (Fsp3) is 0.417. The summed E-state index contributed by atoms with van der Waals surface area (Å²) in [6, 6.07) is 7.30. The van der Waals surface area contributed by atoms with Gasteiger partial charge in [-0.1, -0.05) is 0 Å². The lowest BCUT2D eigenvalue weighted by Crippen LogP contribution is -2.30. The third kappa shape index (κ3) is 2.18. The average Bonchev–Trinajstić information content (AvgIpc) is 2.82. The number of nitrogens with one attached hydrogen (secondary N) is 1. The first-order chi connectivity index (χ1) is 7.31. The Bertz CT molecular complexity index is 339. The van der Waals surface area contributed by atoms with E-state index in [0.717, 1.165) is 30.7 Å². The summed E-state index contributed by atoms with van der Waals surface area (Å²) in [5.74, 6) is 0.973. The zero-order valence-electron chi connectivity index (χ0n) is 8.82. The lowest BCUT2D eigenvalue weighted by molar-refractivity contribution is 0.0952. The first-order valence-corrected chi connectivity index (χ1v) is 5.23. The lowest BCUT2D eigenvalue weighted by atomic mass is 10.0. The Balaban J connectivity index is 2.11. The fourth-order valence-electron chi connectivity index (χ4n) is 1.86. The first-order valence-electron chi connectivity index (χ1n) is 5.23. The molecule has 1 atom stereocenters. The van der Waals surface area contributed by atoms with Crippen molar-refractivity contribution in [2.75, 3.05) is 13.7 Å². The number of methoxy groups -OCH3 is 1. The van der Waals surface area contributed by atoms with Gasteiger partial charge in [0, 0.05) is 5.56 Å². The van der Waals surface area contributed by atoms with Gasteiger partial charge in [-0.25, -0.2) is 0 Å². The first kappa shape index (κ1) is 10.2. The number of hydrogen-bond acceptors (Lipinski definition) is 3. The third-order valence-electron chi connectivity index (χ3n) is 2.75. The van der Waals surface area contributed by atoms with Gasteiger partial charge < -0.3 is 10.1 Å². The van der Waals surface area contributed by atoms with Crippen molar-refractivity contribution in [1.29, 1.82) is 0 Å². The fourth-order valence-corrected chi connectivity index (χ4v) is 1.86. The van der Waals surface area contributed by atoms with Crippen molar-refractivity contribution in [3.8, 4) is 5.75 Å². The molecule has 0 unspecified atom stereocenters. The van der Waals surface area contributed by atoms with Gasteiger partial charge in [0.15, 0.2) is 5.78 Å². The Labute approximate surface area is 89.4 Å². The van der Waals surface area contributed by atoms with Gasteiger partial charge in [-0.3, -0.25) is 4.79 Å². The van der Waals surface area contributed by atoms with Gasteiger partial charge in [-0.2, -0.15) is 0 Å². The maximum atomic E-state index is 11.9. The third-order valence-corrected chi connectivity index (χ3v) is 2.75. The van der Waals surface area contributed by atoms with E-state index in [4.69, 9.17) is 4.74 Å². The number of rotatable bonds is 3. The van der Waals surface area contributed by atoms with Crippen LogP contribution in [-0.4, -0.2) is 25.5 Å². The predicted molar refractivity (Wildman–Crippen MR) is 58.3 cm³/mol. The Hall–Kier alpha value is -1.35. The Morgan fingerprint density at radius 3 is 2.67 bits per heavy atom. The van der Waals surface area contributed by atoms with Crippen LogP contribution in [0.25, 0.3) is 0 Å². The largest absolute Gasteiger partial charge is 0.497 e. The van der Waals surface area contributed by atoms with E-state index in [1.54, 1.807) is 7.11 Å². The molecule has 1 aliphatic rings. The van der Waals surface area contributed by atoms with Crippen molar-refractivity contribution in [3.05, 3.63) is 29.8 Å². The molecule has 0 radical (unpaired) electrons. The van der Waals surface area contributed by atoms with Gasteiger partial charge in [-0.05, 0) is 43.7 Å². The van der Waals surface area contributed by atoms with Crippen LogP contribution < -0.4 is 10.1 Å². The van der Waals surface area contributed by atoms with Crippen LogP contribution in [-0.2, 0) is 0 Å². The number of carbonyl (C=O) groups is 1. The molecule has 2 rings (SSSR count). The van der Waals surface area contributed by atoms with Gasteiger partial charge in [0.05, 0.1) is 13.2 Å². The zero-order chi connectivity index (χ0) is 10.7. The van der Waals surface area contributed by atoms with E-state index >= 15 is 0 Å². The van der Waals surface area contributed by atoms with E-state index in [1.165, 1.54) is 0 Å². The predicted octanol–water partition coefficient (Wildman–Crippen LogP) is 1.63. The van der Waals surface area contributed by atoms with Crippen molar-refractivity contribution < 1.29 is 9.53 Å². The Morgan fingerprint density at radius 1 is 1.40 bits per heavy atom. The summed E-state index contributed by atoms with van der Waals surface area (Å²) >= 11 is 0. The van der Waals surface area contributed by atoms with Gasteiger partial charge >= 0.3 is 0 Å². The van der Waals surface area contributed by atoms with Crippen molar-refractivity contribution in [3.63, 3.8) is 0 Å². The number of benzene rings is 1. The smallest absolute Gasteiger partial charge is 0.179 e. The summed E-state index contributed by atoms with van der Waals surface area (Å²) < 4.78 is 5.05. The van der Waals surface area contributed by atoms with Crippen LogP contribution in [0.5, 0.6) is 5.75 Å². The Morgan fingerprint density at radius 2 is 2.13 bits per heavy atom. The summed E-state index contributed by atoms with van der Waals surface area (Å²) in [6.07, 6.45) is 2.04. The standard InChI is InChI=1S/C12H15NO2/c1-15-10-6-4-9(5-7-10)12(14)11-3-2-8-13-11/h4-7,11,13H,2-3,8H2,1H3/t11-/m0/s1. The quantitative estimate of drug-likeness (QED) is 0.762. The second kappa shape index (κ2) is 4.45. The molecular weight excluding hydrogens is 190 g/mol. The highest BCUT2D eigenvalue weighted by Gasteiger charge is 2.22. The summed E-state index contributed by atoms with van der Waals surface area (Å²) in [7, 11) is 1.62. The van der Waals surface area contributed by atoms with Crippen LogP contribution in [0.2, 0.25) is 0 Å². The second-order valence-corrected chi connectivity index (χ2v) is 3.74. The van der Waals surface area contributed by atoms with E-state index in [1.807, 2.05) is 24.3 Å². The van der Waals surface area contributed by atoms with Crippen LogP contribution in [0.15, 0.2) is 24.3 Å². The topological polar surface area (TPSA) is 38.3 Å². The molecule has 0 aromatic heterocycles. The van der Waals surface area contributed by atoms with E-state index in [0.29, 0.717) is 0 Å². The normalized spacial score (nSPS) is 20.2. The molecule has 1 heterocycles. The molecule has 0 bridgehead atoms. The molecule has 0 saturated carbocycles. The van der Waals surface area contributed by atoms with Gasteiger partial charge in [0.2, 0.25) is 0 Å². The summed E-state index contributed by atoms with van der Waals surface area (Å²) in [4.78, 5) is 11.9. The highest BCUT2D eigenvalue weighted by Crippen LogP contribution is 2.15. The molecule has 1 aromatic carbocycles. The molecule has 3 heteroatoms. The molecule has 0 spiro atoms. The minimum Gasteiger partial charge on any atom is -0.497 e.